The molecule has 1 fully saturated rings. The summed E-state index contributed by atoms with van der Waals surface area (Å²) in [5.74, 6) is -2.00. The SMILES string of the molecule is NC(=O)C1CCCN(S(=O)(=O)c2c(N)cccc2F)C1. The van der Waals surface area contributed by atoms with Crippen LogP contribution in [-0.4, -0.2) is 31.7 Å². The Morgan fingerprint density at radius 3 is 2.70 bits per heavy atom. The molecule has 110 valence electrons. The molecule has 6 nitrogen and oxygen atoms in total. The quantitative estimate of drug-likeness (QED) is 0.783. The molecule has 2 rings (SSSR count). The van der Waals surface area contributed by atoms with Crippen molar-refractivity contribution in [1.29, 1.82) is 0 Å². The fraction of sp³-hybridized carbons (Fsp3) is 0.417. The summed E-state index contributed by atoms with van der Waals surface area (Å²) in [4.78, 5) is 10.7. The van der Waals surface area contributed by atoms with Gasteiger partial charge in [-0.15, -0.1) is 0 Å². The number of hydrogen-bond donors (Lipinski definition) is 2. The number of nitrogens with zero attached hydrogens (tertiary/aromatic N) is 1. The van der Waals surface area contributed by atoms with Gasteiger partial charge in [-0.2, -0.15) is 4.31 Å². The van der Waals surface area contributed by atoms with Crippen LogP contribution < -0.4 is 11.5 Å². The Morgan fingerprint density at radius 1 is 1.40 bits per heavy atom. The lowest BCUT2D eigenvalue weighted by Gasteiger charge is -2.30. The molecule has 0 aromatic heterocycles. The standard InChI is InChI=1S/C12H16FN3O3S/c13-9-4-1-5-10(14)11(9)20(18,19)16-6-2-3-8(7-16)12(15)17/h1,4-5,8H,2-3,6-7,14H2,(H2,15,17). The number of benzene rings is 1. The molecule has 1 heterocycles. The second-order valence-corrected chi connectivity index (χ2v) is 6.64. The number of halogens is 1. The Kier molecular flexibility index (Phi) is 3.96. The third kappa shape index (κ3) is 2.61. The monoisotopic (exact) mass is 301 g/mol. The predicted octanol–water partition coefficient (Wildman–Crippen LogP) is 0.294. The maximum Gasteiger partial charge on any atom is 0.248 e. The summed E-state index contributed by atoms with van der Waals surface area (Å²) in [5.41, 5.74) is 10.6. The first-order chi connectivity index (χ1) is 9.34. The number of carbonyl (C=O) groups is 1. The van der Waals surface area contributed by atoms with Gasteiger partial charge in [0, 0.05) is 13.1 Å². The van der Waals surface area contributed by atoms with Gasteiger partial charge in [0.15, 0.2) is 0 Å². The van der Waals surface area contributed by atoms with Crippen molar-refractivity contribution < 1.29 is 17.6 Å². The molecule has 0 bridgehead atoms. The maximum atomic E-state index is 13.8. The van der Waals surface area contributed by atoms with E-state index in [2.05, 4.69) is 0 Å². The smallest absolute Gasteiger partial charge is 0.248 e. The molecular formula is C12H16FN3O3S. The van der Waals surface area contributed by atoms with E-state index >= 15 is 0 Å². The molecule has 0 saturated carbocycles. The molecule has 0 aliphatic carbocycles. The first-order valence-electron chi connectivity index (χ1n) is 6.17. The Balaban J connectivity index is 2.38. The number of nitrogen functional groups attached to an aromatic ring is 1. The van der Waals surface area contributed by atoms with Crippen LogP contribution in [0.5, 0.6) is 0 Å². The zero-order valence-corrected chi connectivity index (χ0v) is 11.6. The zero-order valence-electron chi connectivity index (χ0n) is 10.8. The number of nitrogens with two attached hydrogens (primary N) is 2. The van der Waals surface area contributed by atoms with Gasteiger partial charge in [0.05, 0.1) is 11.6 Å². The van der Waals surface area contributed by atoms with Crippen molar-refractivity contribution >= 4 is 21.6 Å². The van der Waals surface area contributed by atoms with E-state index in [1.165, 1.54) is 12.1 Å². The third-order valence-electron chi connectivity index (χ3n) is 3.38. The summed E-state index contributed by atoms with van der Waals surface area (Å²) in [7, 11) is -4.06. The van der Waals surface area contributed by atoms with Crippen molar-refractivity contribution in [2.75, 3.05) is 18.8 Å². The Labute approximate surface area is 116 Å². The highest BCUT2D eigenvalue weighted by Gasteiger charge is 2.35. The van der Waals surface area contributed by atoms with Crippen LogP contribution in [0.3, 0.4) is 0 Å². The molecule has 4 N–H and O–H groups in total. The third-order valence-corrected chi connectivity index (χ3v) is 5.34. The van der Waals surface area contributed by atoms with Gasteiger partial charge in [0.1, 0.15) is 10.7 Å². The zero-order chi connectivity index (χ0) is 14.9. The van der Waals surface area contributed by atoms with Crippen molar-refractivity contribution in [3.05, 3.63) is 24.0 Å². The van der Waals surface area contributed by atoms with Gasteiger partial charge in [-0.1, -0.05) is 6.07 Å². The van der Waals surface area contributed by atoms with Gasteiger partial charge in [-0.05, 0) is 25.0 Å². The molecule has 0 radical (unpaired) electrons. The van der Waals surface area contributed by atoms with E-state index in [-0.39, 0.29) is 18.8 Å². The first kappa shape index (κ1) is 14.7. The molecule has 20 heavy (non-hydrogen) atoms. The highest BCUT2D eigenvalue weighted by molar-refractivity contribution is 7.89. The van der Waals surface area contributed by atoms with Crippen molar-refractivity contribution in [3.63, 3.8) is 0 Å². The summed E-state index contributed by atoms with van der Waals surface area (Å²) < 4.78 is 39.8. The minimum absolute atomic E-state index is 0.0363. The average molecular weight is 301 g/mol. The molecular weight excluding hydrogens is 285 g/mol. The van der Waals surface area contributed by atoms with Crippen LogP contribution in [0, 0.1) is 11.7 Å². The minimum atomic E-state index is -4.06. The summed E-state index contributed by atoms with van der Waals surface area (Å²) in [6, 6.07) is 3.70. The van der Waals surface area contributed by atoms with Crippen LogP contribution in [-0.2, 0) is 14.8 Å². The Hall–Kier alpha value is -1.67. The molecule has 1 aliphatic rings. The van der Waals surface area contributed by atoms with E-state index in [0.717, 1.165) is 10.4 Å². The number of amides is 1. The highest BCUT2D eigenvalue weighted by atomic mass is 32.2. The van der Waals surface area contributed by atoms with Gasteiger partial charge in [0.2, 0.25) is 15.9 Å². The van der Waals surface area contributed by atoms with Crippen molar-refractivity contribution in [2.24, 2.45) is 11.7 Å². The molecule has 1 saturated heterocycles. The Morgan fingerprint density at radius 2 is 2.10 bits per heavy atom. The number of carbonyl (C=O) groups excluding carboxylic acids is 1. The summed E-state index contributed by atoms with van der Waals surface area (Å²) in [6.07, 6.45) is 1.04. The fourth-order valence-corrected chi connectivity index (χ4v) is 4.00. The second-order valence-electron chi connectivity index (χ2n) is 4.76. The minimum Gasteiger partial charge on any atom is -0.398 e. The van der Waals surface area contributed by atoms with Crippen molar-refractivity contribution in [2.45, 2.75) is 17.7 Å². The van der Waals surface area contributed by atoms with E-state index in [9.17, 15) is 17.6 Å². The summed E-state index contributed by atoms with van der Waals surface area (Å²) in [5, 5.41) is 0. The van der Waals surface area contributed by atoms with Crippen LogP contribution in [0.15, 0.2) is 23.1 Å². The van der Waals surface area contributed by atoms with E-state index in [1.54, 1.807) is 0 Å². The number of primary amides is 1. The number of hydrogen-bond acceptors (Lipinski definition) is 4. The molecule has 1 unspecified atom stereocenters. The van der Waals surface area contributed by atoms with Crippen molar-refractivity contribution in [3.8, 4) is 0 Å². The lowest BCUT2D eigenvalue weighted by atomic mass is 9.99. The number of piperidine rings is 1. The van der Waals surface area contributed by atoms with Crippen molar-refractivity contribution in [1.82, 2.24) is 4.31 Å². The molecule has 1 atom stereocenters. The lowest BCUT2D eigenvalue weighted by molar-refractivity contribution is -0.122. The normalized spacial score (nSPS) is 20.8. The van der Waals surface area contributed by atoms with Gasteiger partial charge in [0.25, 0.3) is 0 Å². The van der Waals surface area contributed by atoms with Gasteiger partial charge in [-0.25, -0.2) is 12.8 Å². The van der Waals surface area contributed by atoms with Gasteiger partial charge < -0.3 is 11.5 Å². The fourth-order valence-electron chi connectivity index (χ4n) is 2.32. The molecule has 8 heteroatoms. The van der Waals surface area contributed by atoms with E-state index in [1.807, 2.05) is 0 Å². The molecule has 1 aliphatic heterocycles. The van der Waals surface area contributed by atoms with E-state index in [4.69, 9.17) is 11.5 Å². The number of rotatable bonds is 3. The molecule has 1 aromatic carbocycles. The van der Waals surface area contributed by atoms with Crippen LogP contribution in [0.25, 0.3) is 0 Å². The van der Waals surface area contributed by atoms with Crippen LogP contribution >= 0.6 is 0 Å². The number of anilines is 1. The van der Waals surface area contributed by atoms with E-state index in [0.29, 0.717) is 12.8 Å². The summed E-state index contributed by atoms with van der Waals surface area (Å²) >= 11 is 0. The number of sulfonamides is 1. The second kappa shape index (κ2) is 5.37. The highest BCUT2D eigenvalue weighted by Crippen LogP contribution is 2.28. The molecule has 0 spiro atoms. The topological polar surface area (TPSA) is 106 Å². The largest absolute Gasteiger partial charge is 0.398 e. The van der Waals surface area contributed by atoms with Gasteiger partial charge >= 0.3 is 0 Å². The van der Waals surface area contributed by atoms with Gasteiger partial charge in [-0.3, -0.25) is 4.79 Å². The maximum absolute atomic E-state index is 13.8. The summed E-state index contributed by atoms with van der Waals surface area (Å²) in [6.45, 7) is 0.186. The van der Waals surface area contributed by atoms with Crippen LogP contribution in [0.4, 0.5) is 10.1 Å². The molecule has 1 amide bonds. The van der Waals surface area contributed by atoms with E-state index < -0.39 is 32.6 Å². The lowest BCUT2D eigenvalue weighted by Crippen LogP contribution is -2.44. The Bertz CT molecular complexity index is 613. The molecule has 1 aromatic rings. The van der Waals surface area contributed by atoms with Crippen LogP contribution in [0.2, 0.25) is 0 Å². The first-order valence-corrected chi connectivity index (χ1v) is 7.61. The average Bonchev–Trinajstić information content (AvgIpc) is 2.38. The predicted molar refractivity (Wildman–Crippen MR) is 71.5 cm³/mol. The van der Waals surface area contributed by atoms with Crippen LogP contribution in [0.1, 0.15) is 12.8 Å².